The van der Waals surface area contributed by atoms with Gasteiger partial charge in [-0.25, -0.2) is 0 Å². The number of aliphatic hydroxyl groups is 1. The maximum atomic E-state index is 9.42. The molecule has 1 rings (SSSR count). The van der Waals surface area contributed by atoms with Crippen molar-refractivity contribution in [2.45, 2.75) is 19.9 Å². The van der Waals surface area contributed by atoms with Crippen LogP contribution in [0.2, 0.25) is 0 Å². The highest BCUT2D eigenvalue weighted by Crippen LogP contribution is 2.27. The second-order valence-electron chi connectivity index (χ2n) is 4.27. The Kier molecular flexibility index (Phi) is 4.79. The molecule has 2 atom stereocenters. The topological polar surface area (TPSA) is 32.3 Å². The monoisotopic (exact) mass is 207 g/mol. The maximum Gasteiger partial charge on any atom is 0.0479 e. The van der Waals surface area contributed by atoms with Gasteiger partial charge in [0.05, 0.1) is 0 Å². The molecule has 0 radical (unpaired) electrons. The molecule has 0 aliphatic heterocycles. The maximum absolute atomic E-state index is 9.42. The molecule has 0 heterocycles. The van der Waals surface area contributed by atoms with E-state index in [0.29, 0.717) is 5.92 Å². The highest BCUT2D eigenvalue weighted by atomic mass is 16.3. The zero-order valence-corrected chi connectivity index (χ0v) is 9.77. The predicted molar refractivity (Wildman–Crippen MR) is 63.7 cm³/mol. The van der Waals surface area contributed by atoms with Crippen molar-refractivity contribution < 1.29 is 5.11 Å². The molecule has 2 unspecified atom stereocenters. The van der Waals surface area contributed by atoms with Crippen molar-refractivity contribution in [1.29, 1.82) is 0 Å². The van der Waals surface area contributed by atoms with Gasteiger partial charge >= 0.3 is 0 Å². The van der Waals surface area contributed by atoms with Crippen LogP contribution >= 0.6 is 0 Å². The van der Waals surface area contributed by atoms with E-state index < -0.39 is 0 Å². The van der Waals surface area contributed by atoms with Gasteiger partial charge < -0.3 is 10.4 Å². The largest absolute Gasteiger partial charge is 0.396 e. The Labute approximate surface area is 92.3 Å². The van der Waals surface area contributed by atoms with Crippen LogP contribution in [0.15, 0.2) is 30.3 Å². The van der Waals surface area contributed by atoms with Crippen LogP contribution < -0.4 is 5.32 Å². The molecule has 0 saturated carbocycles. The van der Waals surface area contributed by atoms with Gasteiger partial charge in [-0.15, -0.1) is 0 Å². The van der Waals surface area contributed by atoms with Gasteiger partial charge in [-0.1, -0.05) is 44.2 Å². The zero-order chi connectivity index (χ0) is 11.3. The Morgan fingerprint density at radius 3 is 2.20 bits per heavy atom. The third-order valence-corrected chi connectivity index (χ3v) is 2.96. The average molecular weight is 207 g/mol. The molecular formula is C13H21NO. The average Bonchev–Trinajstić information content (AvgIpc) is 2.26. The summed E-state index contributed by atoms with van der Waals surface area (Å²) in [5.74, 6) is 0.727. The van der Waals surface area contributed by atoms with E-state index in [1.807, 2.05) is 25.2 Å². The van der Waals surface area contributed by atoms with Crippen molar-refractivity contribution >= 4 is 0 Å². The van der Waals surface area contributed by atoms with Gasteiger partial charge in [-0.3, -0.25) is 0 Å². The number of hydrogen-bond acceptors (Lipinski definition) is 2. The number of rotatable bonds is 5. The molecule has 0 amide bonds. The molecule has 0 bridgehead atoms. The van der Waals surface area contributed by atoms with E-state index >= 15 is 0 Å². The van der Waals surface area contributed by atoms with E-state index in [1.54, 1.807) is 0 Å². The summed E-state index contributed by atoms with van der Waals surface area (Å²) < 4.78 is 0. The van der Waals surface area contributed by atoms with Crippen LogP contribution in [0, 0.1) is 11.8 Å². The van der Waals surface area contributed by atoms with Gasteiger partial charge in [0.15, 0.2) is 0 Å². The lowest BCUT2D eigenvalue weighted by Crippen LogP contribution is -2.31. The van der Waals surface area contributed by atoms with E-state index in [9.17, 15) is 5.11 Å². The smallest absolute Gasteiger partial charge is 0.0479 e. The summed E-state index contributed by atoms with van der Waals surface area (Å²) in [6.07, 6.45) is 0. The standard InChI is InChI=1S/C13H21NO/c1-10(2)12(9-15)13(14-3)11-7-5-4-6-8-11/h4-8,10,12-15H,9H2,1-3H3. The number of nitrogens with one attached hydrogen (secondary N) is 1. The summed E-state index contributed by atoms with van der Waals surface area (Å²) >= 11 is 0. The lowest BCUT2D eigenvalue weighted by atomic mass is 9.85. The molecule has 0 aliphatic rings. The molecule has 2 heteroatoms. The third kappa shape index (κ3) is 3.05. The number of aliphatic hydroxyl groups excluding tert-OH is 1. The molecule has 1 aromatic rings. The van der Waals surface area contributed by atoms with Gasteiger partial charge in [-0.05, 0) is 18.5 Å². The van der Waals surface area contributed by atoms with Gasteiger partial charge in [0, 0.05) is 18.6 Å². The second kappa shape index (κ2) is 5.89. The third-order valence-electron chi connectivity index (χ3n) is 2.96. The highest BCUT2D eigenvalue weighted by molar-refractivity contribution is 5.19. The minimum absolute atomic E-state index is 0.220. The summed E-state index contributed by atoms with van der Waals surface area (Å²) in [5.41, 5.74) is 1.24. The van der Waals surface area contributed by atoms with Gasteiger partial charge in [-0.2, -0.15) is 0 Å². The molecule has 2 N–H and O–H groups in total. The Morgan fingerprint density at radius 2 is 1.80 bits per heavy atom. The summed E-state index contributed by atoms with van der Waals surface area (Å²) in [5, 5.41) is 12.7. The molecule has 2 nitrogen and oxygen atoms in total. The minimum atomic E-state index is 0.220. The van der Waals surface area contributed by atoms with Crippen molar-refractivity contribution in [3.05, 3.63) is 35.9 Å². The Morgan fingerprint density at radius 1 is 1.20 bits per heavy atom. The number of hydrogen-bond donors (Lipinski definition) is 2. The Bertz CT molecular complexity index is 271. The highest BCUT2D eigenvalue weighted by Gasteiger charge is 2.23. The van der Waals surface area contributed by atoms with Crippen molar-refractivity contribution in [2.75, 3.05) is 13.7 Å². The van der Waals surface area contributed by atoms with E-state index in [1.165, 1.54) is 5.56 Å². The summed E-state index contributed by atoms with van der Waals surface area (Å²) in [4.78, 5) is 0. The first-order valence-electron chi connectivity index (χ1n) is 5.53. The van der Waals surface area contributed by atoms with E-state index in [-0.39, 0.29) is 18.6 Å². The van der Waals surface area contributed by atoms with Crippen molar-refractivity contribution in [3.63, 3.8) is 0 Å². The summed E-state index contributed by atoms with van der Waals surface area (Å²) in [6, 6.07) is 10.5. The van der Waals surface area contributed by atoms with E-state index in [4.69, 9.17) is 0 Å². The molecule has 1 aromatic carbocycles. The van der Waals surface area contributed by atoms with Crippen LogP contribution in [-0.2, 0) is 0 Å². The van der Waals surface area contributed by atoms with E-state index in [2.05, 4.69) is 31.3 Å². The van der Waals surface area contributed by atoms with Crippen LogP contribution in [0.5, 0.6) is 0 Å². The lowest BCUT2D eigenvalue weighted by Gasteiger charge is -2.28. The minimum Gasteiger partial charge on any atom is -0.396 e. The summed E-state index contributed by atoms with van der Waals surface area (Å²) in [7, 11) is 1.95. The molecule has 0 fully saturated rings. The van der Waals surface area contributed by atoms with Crippen LogP contribution in [-0.4, -0.2) is 18.8 Å². The fraction of sp³-hybridized carbons (Fsp3) is 0.538. The Balaban J connectivity index is 2.87. The van der Waals surface area contributed by atoms with Crippen LogP contribution in [0.4, 0.5) is 0 Å². The predicted octanol–water partition coefficient (Wildman–Crippen LogP) is 2.21. The second-order valence-corrected chi connectivity index (χ2v) is 4.27. The quantitative estimate of drug-likeness (QED) is 0.776. The molecular weight excluding hydrogens is 186 g/mol. The fourth-order valence-corrected chi connectivity index (χ4v) is 1.99. The molecule has 84 valence electrons. The lowest BCUT2D eigenvalue weighted by molar-refractivity contribution is 0.154. The first-order chi connectivity index (χ1) is 7.20. The van der Waals surface area contributed by atoms with Crippen molar-refractivity contribution in [2.24, 2.45) is 11.8 Å². The van der Waals surface area contributed by atoms with Crippen LogP contribution in [0.3, 0.4) is 0 Å². The van der Waals surface area contributed by atoms with Gasteiger partial charge in [0.1, 0.15) is 0 Å². The normalized spacial score (nSPS) is 15.3. The van der Waals surface area contributed by atoms with E-state index in [0.717, 1.165) is 0 Å². The van der Waals surface area contributed by atoms with Gasteiger partial charge in [0.25, 0.3) is 0 Å². The first-order valence-corrected chi connectivity index (χ1v) is 5.53. The zero-order valence-electron chi connectivity index (χ0n) is 9.77. The molecule has 0 spiro atoms. The number of benzene rings is 1. The van der Waals surface area contributed by atoms with Crippen molar-refractivity contribution in [1.82, 2.24) is 5.32 Å². The molecule has 15 heavy (non-hydrogen) atoms. The first kappa shape index (κ1) is 12.2. The van der Waals surface area contributed by atoms with Crippen LogP contribution in [0.1, 0.15) is 25.5 Å². The molecule has 0 saturated heterocycles. The SMILES string of the molecule is CNC(c1ccccc1)C(CO)C(C)C. The van der Waals surface area contributed by atoms with Crippen molar-refractivity contribution in [3.8, 4) is 0 Å². The fourth-order valence-electron chi connectivity index (χ4n) is 1.99. The summed E-state index contributed by atoms with van der Waals surface area (Å²) in [6.45, 7) is 4.51. The van der Waals surface area contributed by atoms with Gasteiger partial charge in [0.2, 0.25) is 0 Å². The van der Waals surface area contributed by atoms with Crippen LogP contribution in [0.25, 0.3) is 0 Å². The molecule has 0 aliphatic carbocycles. The molecule has 0 aromatic heterocycles. The Hall–Kier alpha value is -0.860.